The van der Waals surface area contributed by atoms with Crippen LogP contribution in [-0.2, 0) is 0 Å². The van der Waals surface area contributed by atoms with Crippen LogP contribution in [0, 0.1) is 0 Å². The quantitative estimate of drug-likeness (QED) is 0.727. The van der Waals surface area contributed by atoms with Crippen molar-refractivity contribution >= 4 is 11.0 Å². The Morgan fingerprint density at radius 3 is 2.65 bits per heavy atom. The van der Waals surface area contributed by atoms with Gasteiger partial charge in [-0.15, -0.1) is 0 Å². The van der Waals surface area contributed by atoms with Crippen LogP contribution in [0.2, 0.25) is 0 Å². The highest BCUT2D eigenvalue weighted by Crippen LogP contribution is 2.24. The molecule has 0 saturated heterocycles. The van der Waals surface area contributed by atoms with Gasteiger partial charge < -0.3 is 0 Å². The molecule has 17 heavy (non-hydrogen) atoms. The average Bonchev–Trinajstić information content (AvgIpc) is 2.91. The third-order valence-electron chi connectivity index (χ3n) is 3.01. The molecule has 0 aliphatic rings. The van der Waals surface area contributed by atoms with Gasteiger partial charge in [-0.3, -0.25) is 15.1 Å². The van der Waals surface area contributed by atoms with Crippen LogP contribution in [0.4, 0.5) is 0 Å². The van der Waals surface area contributed by atoms with Gasteiger partial charge in [0.1, 0.15) is 0 Å². The zero-order chi connectivity index (χ0) is 11.7. The molecular weight excluding hydrogens is 212 g/mol. The van der Waals surface area contributed by atoms with Crippen LogP contribution in [0.25, 0.3) is 11.0 Å². The van der Waals surface area contributed by atoms with Crippen LogP contribution >= 0.6 is 0 Å². The summed E-state index contributed by atoms with van der Waals surface area (Å²) < 4.78 is 0. The Bertz CT molecular complexity index is 631. The van der Waals surface area contributed by atoms with Crippen molar-refractivity contribution in [2.24, 2.45) is 0 Å². The summed E-state index contributed by atoms with van der Waals surface area (Å²) >= 11 is 0. The van der Waals surface area contributed by atoms with E-state index < -0.39 is 0 Å². The van der Waals surface area contributed by atoms with E-state index in [9.17, 15) is 0 Å². The van der Waals surface area contributed by atoms with E-state index >= 15 is 0 Å². The Morgan fingerprint density at radius 1 is 1.06 bits per heavy atom. The van der Waals surface area contributed by atoms with E-state index in [1.165, 1.54) is 11.1 Å². The van der Waals surface area contributed by atoms with E-state index in [-0.39, 0.29) is 0 Å². The predicted octanol–water partition coefficient (Wildman–Crippen LogP) is 2.50. The Kier molecular flexibility index (Phi) is 2.33. The normalized spacial score (nSPS) is 12.8. The fourth-order valence-corrected chi connectivity index (χ4v) is 1.94. The van der Waals surface area contributed by atoms with Crippen LogP contribution in [0.5, 0.6) is 0 Å². The maximum atomic E-state index is 4.32. The molecule has 1 unspecified atom stereocenters. The summed E-state index contributed by atoms with van der Waals surface area (Å²) in [4.78, 5) is 8.58. The van der Waals surface area contributed by atoms with Crippen molar-refractivity contribution in [3.63, 3.8) is 0 Å². The Labute approximate surface area is 98.7 Å². The fourth-order valence-electron chi connectivity index (χ4n) is 1.94. The average molecular weight is 224 g/mol. The molecule has 1 aromatic carbocycles. The molecule has 4 nitrogen and oxygen atoms in total. The summed E-state index contributed by atoms with van der Waals surface area (Å²) in [6.45, 7) is 2.16. The molecule has 3 rings (SSSR count). The van der Waals surface area contributed by atoms with Crippen LogP contribution in [0.1, 0.15) is 24.0 Å². The van der Waals surface area contributed by atoms with Gasteiger partial charge in [-0.05, 0) is 23.3 Å². The number of rotatable bonds is 2. The lowest BCUT2D eigenvalue weighted by Gasteiger charge is -2.09. The number of hydrogen-bond acceptors (Lipinski definition) is 3. The summed E-state index contributed by atoms with van der Waals surface area (Å²) in [6, 6.07) is 6.18. The molecule has 0 aliphatic carbocycles. The van der Waals surface area contributed by atoms with Crippen LogP contribution in [0.3, 0.4) is 0 Å². The van der Waals surface area contributed by atoms with Crippen LogP contribution in [-0.4, -0.2) is 20.2 Å². The minimum absolute atomic E-state index is 0.306. The molecule has 2 heterocycles. The summed E-state index contributed by atoms with van der Waals surface area (Å²) in [5.41, 5.74) is 4.25. The minimum Gasteiger partial charge on any atom is -0.285 e. The maximum absolute atomic E-state index is 4.32. The zero-order valence-electron chi connectivity index (χ0n) is 9.46. The van der Waals surface area contributed by atoms with Gasteiger partial charge in [0.25, 0.3) is 0 Å². The monoisotopic (exact) mass is 224 g/mol. The van der Waals surface area contributed by atoms with E-state index in [1.807, 2.05) is 18.5 Å². The first kappa shape index (κ1) is 9.96. The van der Waals surface area contributed by atoms with Gasteiger partial charge in [-0.25, -0.2) is 0 Å². The molecule has 84 valence electrons. The number of aromatic amines is 1. The first-order chi connectivity index (χ1) is 8.34. The van der Waals surface area contributed by atoms with Crippen molar-refractivity contribution in [1.82, 2.24) is 20.2 Å². The molecular formula is C13H12N4. The van der Waals surface area contributed by atoms with Gasteiger partial charge in [0.15, 0.2) is 0 Å². The van der Waals surface area contributed by atoms with Gasteiger partial charge in [-0.2, -0.15) is 5.10 Å². The van der Waals surface area contributed by atoms with Gasteiger partial charge in [0, 0.05) is 24.5 Å². The summed E-state index contributed by atoms with van der Waals surface area (Å²) in [5, 5.41) is 6.82. The van der Waals surface area contributed by atoms with Crippen molar-refractivity contribution in [3.05, 3.63) is 54.1 Å². The standard InChI is InChI=1S/C13H12N4/c1-9(11-7-16-17-8-11)10-2-3-12-13(6-10)15-5-4-14-12/h2-9H,1H3,(H,16,17). The van der Waals surface area contributed by atoms with Crippen molar-refractivity contribution in [1.29, 1.82) is 0 Å². The number of benzene rings is 1. The predicted molar refractivity (Wildman–Crippen MR) is 65.6 cm³/mol. The summed E-state index contributed by atoms with van der Waals surface area (Å²) in [5.74, 6) is 0.306. The molecule has 1 atom stereocenters. The smallest absolute Gasteiger partial charge is 0.0889 e. The van der Waals surface area contributed by atoms with Crippen LogP contribution < -0.4 is 0 Å². The second-order valence-corrected chi connectivity index (χ2v) is 4.06. The van der Waals surface area contributed by atoms with Crippen molar-refractivity contribution < 1.29 is 0 Å². The minimum atomic E-state index is 0.306. The maximum Gasteiger partial charge on any atom is 0.0889 e. The third kappa shape index (κ3) is 1.78. The molecule has 0 fully saturated rings. The number of aromatic nitrogens is 4. The van der Waals surface area contributed by atoms with E-state index in [1.54, 1.807) is 12.4 Å². The molecule has 0 radical (unpaired) electrons. The Balaban J connectivity index is 2.06. The van der Waals surface area contributed by atoms with Gasteiger partial charge in [-0.1, -0.05) is 13.0 Å². The van der Waals surface area contributed by atoms with Crippen molar-refractivity contribution in [2.75, 3.05) is 0 Å². The Morgan fingerprint density at radius 2 is 1.88 bits per heavy atom. The summed E-state index contributed by atoms with van der Waals surface area (Å²) in [7, 11) is 0. The summed E-state index contributed by atoms with van der Waals surface area (Å²) in [6.07, 6.45) is 7.20. The van der Waals surface area contributed by atoms with Crippen molar-refractivity contribution in [2.45, 2.75) is 12.8 Å². The molecule has 0 aliphatic heterocycles. The molecule has 2 aromatic heterocycles. The van der Waals surface area contributed by atoms with Crippen molar-refractivity contribution in [3.8, 4) is 0 Å². The lowest BCUT2D eigenvalue weighted by atomic mass is 9.95. The first-order valence-corrected chi connectivity index (χ1v) is 5.54. The SMILES string of the molecule is CC(c1cn[nH]c1)c1ccc2nccnc2c1. The highest BCUT2D eigenvalue weighted by molar-refractivity contribution is 5.74. The molecule has 1 N–H and O–H groups in total. The third-order valence-corrected chi connectivity index (χ3v) is 3.01. The molecule has 0 bridgehead atoms. The number of nitrogens with one attached hydrogen (secondary N) is 1. The molecule has 0 amide bonds. The highest BCUT2D eigenvalue weighted by Gasteiger charge is 2.10. The number of nitrogens with zero attached hydrogens (tertiary/aromatic N) is 3. The molecule has 0 spiro atoms. The van der Waals surface area contributed by atoms with Crippen LogP contribution in [0.15, 0.2) is 43.0 Å². The van der Waals surface area contributed by atoms with E-state index in [0.717, 1.165) is 11.0 Å². The fraction of sp³-hybridized carbons (Fsp3) is 0.154. The highest BCUT2D eigenvalue weighted by atomic mass is 15.1. The molecule has 4 heteroatoms. The van der Waals surface area contributed by atoms with E-state index in [2.05, 4.69) is 39.2 Å². The first-order valence-electron chi connectivity index (χ1n) is 5.54. The number of H-pyrrole nitrogens is 1. The second-order valence-electron chi connectivity index (χ2n) is 4.06. The van der Waals surface area contributed by atoms with Gasteiger partial charge in [0.2, 0.25) is 0 Å². The molecule has 3 aromatic rings. The van der Waals surface area contributed by atoms with E-state index in [4.69, 9.17) is 0 Å². The largest absolute Gasteiger partial charge is 0.285 e. The lowest BCUT2D eigenvalue weighted by molar-refractivity contribution is 0.925. The molecule has 0 saturated carbocycles. The Hall–Kier alpha value is -2.23. The number of fused-ring (bicyclic) bond motifs is 1. The zero-order valence-corrected chi connectivity index (χ0v) is 9.46. The second kappa shape index (κ2) is 3.97. The topological polar surface area (TPSA) is 54.5 Å². The lowest BCUT2D eigenvalue weighted by Crippen LogP contribution is -1.95. The van der Waals surface area contributed by atoms with Gasteiger partial charge in [0.05, 0.1) is 17.2 Å². The van der Waals surface area contributed by atoms with E-state index in [0.29, 0.717) is 5.92 Å². The van der Waals surface area contributed by atoms with Gasteiger partial charge >= 0.3 is 0 Å². The number of hydrogen-bond donors (Lipinski definition) is 1.